The van der Waals surface area contributed by atoms with E-state index in [1.807, 2.05) is 6.07 Å². The second kappa shape index (κ2) is 6.55. The lowest BCUT2D eigenvalue weighted by Gasteiger charge is -2.26. The van der Waals surface area contributed by atoms with Gasteiger partial charge in [0.1, 0.15) is 0 Å². The molecule has 2 aromatic rings. The van der Waals surface area contributed by atoms with Crippen LogP contribution in [0.1, 0.15) is 24.8 Å². The summed E-state index contributed by atoms with van der Waals surface area (Å²) in [6.07, 6.45) is 8.05. The summed E-state index contributed by atoms with van der Waals surface area (Å²) in [6, 6.07) is 5.44. The molecule has 1 fully saturated rings. The first-order valence-electron chi connectivity index (χ1n) is 7.35. The van der Waals surface area contributed by atoms with Gasteiger partial charge in [-0.05, 0) is 25.0 Å². The van der Waals surface area contributed by atoms with Crippen molar-refractivity contribution < 1.29 is 8.42 Å². The molecule has 0 radical (unpaired) electrons. The van der Waals surface area contributed by atoms with Gasteiger partial charge in [0.25, 0.3) is 10.2 Å². The Morgan fingerprint density at radius 2 is 1.95 bits per heavy atom. The molecule has 0 aromatic carbocycles. The smallest absolute Gasteiger partial charge is 0.237 e. The molecule has 0 saturated carbocycles. The van der Waals surface area contributed by atoms with Crippen molar-refractivity contribution in [3.63, 3.8) is 0 Å². The lowest BCUT2D eigenvalue weighted by molar-refractivity contribution is 0.341. The minimum Gasteiger partial charge on any atom is -0.237 e. The molecular weight excluding hydrogens is 302 g/mol. The van der Waals surface area contributed by atoms with Crippen LogP contribution in [-0.2, 0) is 16.8 Å². The maximum Gasteiger partial charge on any atom is 0.279 e. The monoisotopic (exact) mass is 321 g/mol. The topological polar surface area (TPSA) is 80.1 Å². The number of rotatable bonds is 5. The highest BCUT2D eigenvalue weighted by molar-refractivity contribution is 7.87. The minimum absolute atomic E-state index is 0.196. The number of pyridine rings is 1. The second-order valence-corrected chi connectivity index (χ2v) is 6.98. The van der Waals surface area contributed by atoms with E-state index in [4.69, 9.17) is 0 Å². The van der Waals surface area contributed by atoms with E-state index in [1.54, 1.807) is 35.4 Å². The number of piperidine rings is 1. The van der Waals surface area contributed by atoms with Gasteiger partial charge in [0.05, 0.1) is 0 Å². The van der Waals surface area contributed by atoms with Gasteiger partial charge in [-0.25, -0.2) is 9.67 Å². The summed E-state index contributed by atoms with van der Waals surface area (Å²) in [5, 5.41) is 4.15. The van der Waals surface area contributed by atoms with Crippen molar-refractivity contribution in [3.8, 4) is 5.82 Å². The minimum atomic E-state index is -3.44. The summed E-state index contributed by atoms with van der Waals surface area (Å²) in [5.41, 5.74) is 0.784. The third kappa shape index (κ3) is 3.34. The lowest BCUT2D eigenvalue weighted by atomic mass is 10.2. The van der Waals surface area contributed by atoms with Gasteiger partial charge in [0, 0.05) is 43.8 Å². The number of hydrogen-bond donors (Lipinski definition) is 1. The summed E-state index contributed by atoms with van der Waals surface area (Å²) >= 11 is 0. The Balaban J connectivity index is 1.74. The molecule has 7 nitrogen and oxygen atoms in total. The lowest BCUT2D eigenvalue weighted by Crippen LogP contribution is -2.43. The highest BCUT2D eigenvalue weighted by Gasteiger charge is 2.23. The van der Waals surface area contributed by atoms with Gasteiger partial charge in [-0.2, -0.15) is 22.5 Å². The van der Waals surface area contributed by atoms with Gasteiger partial charge >= 0.3 is 0 Å². The maximum absolute atomic E-state index is 12.3. The van der Waals surface area contributed by atoms with Crippen LogP contribution in [0.5, 0.6) is 0 Å². The summed E-state index contributed by atoms with van der Waals surface area (Å²) in [6.45, 7) is 1.38. The van der Waals surface area contributed by atoms with Gasteiger partial charge in [0.15, 0.2) is 5.82 Å². The maximum atomic E-state index is 12.3. The van der Waals surface area contributed by atoms with Gasteiger partial charge < -0.3 is 0 Å². The third-order valence-corrected chi connectivity index (χ3v) is 5.24. The van der Waals surface area contributed by atoms with Crippen LogP contribution in [0.25, 0.3) is 5.82 Å². The zero-order valence-electron chi connectivity index (χ0n) is 12.2. The summed E-state index contributed by atoms with van der Waals surface area (Å²) < 4.78 is 30.5. The molecule has 0 bridgehead atoms. The van der Waals surface area contributed by atoms with E-state index in [1.165, 1.54) is 4.31 Å². The average Bonchev–Trinajstić information content (AvgIpc) is 3.08. The molecule has 1 aliphatic rings. The van der Waals surface area contributed by atoms with Gasteiger partial charge in [-0.15, -0.1) is 0 Å². The molecule has 0 amide bonds. The number of aromatic nitrogens is 3. The molecule has 1 N–H and O–H groups in total. The Morgan fingerprint density at radius 3 is 2.68 bits per heavy atom. The summed E-state index contributed by atoms with van der Waals surface area (Å²) in [4.78, 5) is 4.29. The van der Waals surface area contributed by atoms with E-state index in [0.717, 1.165) is 24.8 Å². The first kappa shape index (κ1) is 15.1. The molecule has 1 saturated heterocycles. The van der Waals surface area contributed by atoms with Gasteiger partial charge in [0.2, 0.25) is 0 Å². The van der Waals surface area contributed by atoms with Crippen molar-refractivity contribution in [1.82, 2.24) is 23.8 Å². The zero-order chi connectivity index (χ0) is 15.4. The highest BCUT2D eigenvalue weighted by Crippen LogP contribution is 2.14. The van der Waals surface area contributed by atoms with E-state index in [0.29, 0.717) is 18.9 Å². The van der Waals surface area contributed by atoms with Crippen molar-refractivity contribution in [2.75, 3.05) is 13.1 Å². The fourth-order valence-corrected chi connectivity index (χ4v) is 3.79. The molecule has 3 heterocycles. The Bertz CT molecular complexity index is 709. The van der Waals surface area contributed by atoms with Crippen LogP contribution in [0.4, 0.5) is 0 Å². The number of nitrogens with one attached hydrogen (secondary N) is 1. The second-order valence-electron chi connectivity index (χ2n) is 5.22. The van der Waals surface area contributed by atoms with Crippen LogP contribution >= 0.6 is 0 Å². The highest BCUT2D eigenvalue weighted by atomic mass is 32.2. The molecule has 118 valence electrons. The first-order chi connectivity index (χ1) is 10.7. The molecule has 0 spiro atoms. The number of nitrogens with zero attached hydrogens (tertiary/aromatic N) is 4. The van der Waals surface area contributed by atoms with Crippen LogP contribution in [0.2, 0.25) is 0 Å². The molecule has 0 aliphatic carbocycles. The van der Waals surface area contributed by atoms with Crippen molar-refractivity contribution in [3.05, 3.63) is 42.4 Å². The molecular formula is C14H19N5O2S. The average molecular weight is 321 g/mol. The van der Waals surface area contributed by atoms with E-state index in [9.17, 15) is 8.42 Å². The molecule has 1 aliphatic heterocycles. The molecule has 0 atom stereocenters. The Morgan fingerprint density at radius 1 is 1.14 bits per heavy atom. The van der Waals surface area contributed by atoms with Crippen molar-refractivity contribution in [2.24, 2.45) is 0 Å². The van der Waals surface area contributed by atoms with Gasteiger partial charge in [-0.3, -0.25) is 0 Å². The Kier molecular flexibility index (Phi) is 4.51. The Hall–Kier alpha value is -1.77. The molecule has 8 heteroatoms. The van der Waals surface area contributed by atoms with E-state index in [-0.39, 0.29) is 6.54 Å². The predicted octanol–water partition coefficient (Wildman–Crippen LogP) is 1.09. The van der Waals surface area contributed by atoms with Crippen molar-refractivity contribution in [1.29, 1.82) is 0 Å². The van der Waals surface area contributed by atoms with Crippen molar-refractivity contribution in [2.45, 2.75) is 25.8 Å². The van der Waals surface area contributed by atoms with E-state index in [2.05, 4.69) is 14.8 Å². The third-order valence-electron chi connectivity index (χ3n) is 3.69. The van der Waals surface area contributed by atoms with Crippen LogP contribution in [0.3, 0.4) is 0 Å². The predicted molar refractivity (Wildman–Crippen MR) is 82.5 cm³/mol. The quantitative estimate of drug-likeness (QED) is 0.894. The molecule has 2 aromatic heterocycles. The van der Waals surface area contributed by atoms with Crippen LogP contribution in [-0.4, -0.2) is 40.6 Å². The van der Waals surface area contributed by atoms with Crippen LogP contribution in [0.15, 0.2) is 36.8 Å². The van der Waals surface area contributed by atoms with Crippen molar-refractivity contribution >= 4 is 10.2 Å². The fourth-order valence-electron chi connectivity index (χ4n) is 2.53. The van der Waals surface area contributed by atoms with E-state index < -0.39 is 10.2 Å². The summed E-state index contributed by atoms with van der Waals surface area (Å²) in [5.74, 6) is 0.633. The number of hydrogen-bond acceptors (Lipinski definition) is 4. The molecule has 3 rings (SSSR count). The van der Waals surface area contributed by atoms with Crippen LogP contribution in [0, 0.1) is 0 Å². The first-order valence-corrected chi connectivity index (χ1v) is 8.79. The van der Waals surface area contributed by atoms with Gasteiger partial charge in [-0.1, -0.05) is 12.5 Å². The standard InChI is InChI=1S/C14H19N5O2S/c20-22(21,18-9-2-1-3-10-18)17-12-13-6-4-7-15-14(13)19-11-5-8-16-19/h4-8,11,17H,1-3,9-10,12H2. The summed E-state index contributed by atoms with van der Waals surface area (Å²) in [7, 11) is -3.44. The fraction of sp³-hybridized carbons (Fsp3) is 0.429. The zero-order valence-corrected chi connectivity index (χ0v) is 13.0. The molecule has 0 unspecified atom stereocenters. The molecule has 22 heavy (non-hydrogen) atoms. The largest absolute Gasteiger partial charge is 0.279 e. The Labute approximate surface area is 130 Å². The SMILES string of the molecule is O=S(=O)(NCc1cccnc1-n1cccn1)N1CCCCC1. The normalized spacial score (nSPS) is 16.7. The van der Waals surface area contributed by atoms with Crippen LogP contribution < -0.4 is 4.72 Å². The van der Waals surface area contributed by atoms with E-state index >= 15 is 0 Å².